The third kappa shape index (κ3) is 5.31. The number of carbonyl (C=O) groups excluding carboxylic acids is 1. The second-order valence-electron chi connectivity index (χ2n) is 6.38. The highest BCUT2D eigenvalue weighted by molar-refractivity contribution is 9.10. The Labute approximate surface area is 157 Å². The molecule has 132 valence electrons. The van der Waals surface area contributed by atoms with Crippen molar-refractivity contribution in [3.05, 3.63) is 64.6 Å². The molecule has 1 saturated heterocycles. The van der Waals surface area contributed by atoms with Gasteiger partial charge in [-0.1, -0.05) is 52.3 Å². The summed E-state index contributed by atoms with van der Waals surface area (Å²) in [5.74, 6) is 0.605. The van der Waals surface area contributed by atoms with Crippen LogP contribution in [0.25, 0.3) is 0 Å². The van der Waals surface area contributed by atoms with Crippen LogP contribution in [0.3, 0.4) is 0 Å². The number of carbonyl (C=O) groups is 1. The predicted molar refractivity (Wildman–Crippen MR) is 102 cm³/mol. The second kappa shape index (κ2) is 9.02. The lowest BCUT2D eigenvalue weighted by Gasteiger charge is -2.25. The van der Waals surface area contributed by atoms with E-state index in [-0.39, 0.29) is 12.5 Å². The second-order valence-corrected chi connectivity index (χ2v) is 7.29. The van der Waals surface area contributed by atoms with Gasteiger partial charge in [0.1, 0.15) is 11.8 Å². The van der Waals surface area contributed by atoms with Crippen LogP contribution in [0.5, 0.6) is 5.75 Å². The standard InChI is InChI=1S/C20H23BrN2O2/c21-17-9-6-10-18(13-17)25-15-20(24)22-14-19(23-11-4-5-12-23)16-7-2-1-3-8-16/h1-3,6-10,13,19H,4-5,11-12,14-15H2,(H,22,24)/p+1/t19-/m1/s1. The van der Waals surface area contributed by atoms with E-state index in [4.69, 9.17) is 4.74 Å². The lowest BCUT2D eigenvalue weighted by molar-refractivity contribution is -0.918. The lowest BCUT2D eigenvalue weighted by atomic mass is 10.1. The molecule has 2 aromatic carbocycles. The summed E-state index contributed by atoms with van der Waals surface area (Å²) in [6, 6.07) is 18.3. The summed E-state index contributed by atoms with van der Waals surface area (Å²) in [6.45, 7) is 3.02. The Balaban J connectivity index is 1.54. The Bertz CT molecular complexity index is 687. The van der Waals surface area contributed by atoms with E-state index in [1.165, 1.54) is 31.5 Å². The number of amides is 1. The van der Waals surface area contributed by atoms with E-state index in [2.05, 4.69) is 45.5 Å². The number of halogens is 1. The first-order valence-corrected chi connectivity index (χ1v) is 9.56. The zero-order valence-corrected chi connectivity index (χ0v) is 15.8. The van der Waals surface area contributed by atoms with Crippen molar-refractivity contribution >= 4 is 21.8 Å². The number of quaternary nitrogens is 1. The van der Waals surface area contributed by atoms with Gasteiger partial charge in [0.2, 0.25) is 0 Å². The molecule has 0 aromatic heterocycles. The summed E-state index contributed by atoms with van der Waals surface area (Å²) in [5, 5.41) is 3.05. The van der Waals surface area contributed by atoms with Crippen LogP contribution in [0.2, 0.25) is 0 Å². The third-order valence-electron chi connectivity index (χ3n) is 4.61. The normalized spacial score (nSPS) is 15.7. The average molecular weight is 404 g/mol. The van der Waals surface area contributed by atoms with E-state index in [0.29, 0.717) is 18.3 Å². The molecule has 0 unspecified atom stereocenters. The van der Waals surface area contributed by atoms with Gasteiger partial charge in [-0.15, -0.1) is 0 Å². The molecule has 1 fully saturated rings. The van der Waals surface area contributed by atoms with Crippen molar-refractivity contribution in [2.45, 2.75) is 18.9 Å². The molecule has 0 bridgehead atoms. The molecule has 3 rings (SSSR count). The molecule has 4 nitrogen and oxygen atoms in total. The smallest absolute Gasteiger partial charge is 0.258 e. The molecule has 2 aromatic rings. The van der Waals surface area contributed by atoms with Crippen LogP contribution >= 0.6 is 15.9 Å². The van der Waals surface area contributed by atoms with Gasteiger partial charge in [0.15, 0.2) is 6.61 Å². The molecule has 1 amide bonds. The molecule has 5 heteroatoms. The van der Waals surface area contributed by atoms with Gasteiger partial charge in [0.25, 0.3) is 5.91 Å². The monoisotopic (exact) mass is 403 g/mol. The van der Waals surface area contributed by atoms with Crippen molar-refractivity contribution in [1.82, 2.24) is 5.32 Å². The van der Waals surface area contributed by atoms with Crippen molar-refractivity contribution in [1.29, 1.82) is 0 Å². The van der Waals surface area contributed by atoms with Gasteiger partial charge in [-0.05, 0) is 18.2 Å². The Morgan fingerprint density at radius 2 is 1.88 bits per heavy atom. The third-order valence-corrected chi connectivity index (χ3v) is 5.10. The highest BCUT2D eigenvalue weighted by Crippen LogP contribution is 2.17. The van der Waals surface area contributed by atoms with Gasteiger partial charge in [0, 0.05) is 22.9 Å². The van der Waals surface area contributed by atoms with Crippen LogP contribution in [0.4, 0.5) is 0 Å². The summed E-state index contributed by atoms with van der Waals surface area (Å²) >= 11 is 3.40. The first kappa shape index (κ1) is 18.0. The predicted octanol–water partition coefficient (Wildman–Crippen LogP) is 2.36. The van der Waals surface area contributed by atoms with E-state index >= 15 is 0 Å². The summed E-state index contributed by atoms with van der Waals surface area (Å²) in [6.07, 6.45) is 2.53. The van der Waals surface area contributed by atoms with Gasteiger partial charge >= 0.3 is 0 Å². The number of nitrogens with one attached hydrogen (secondary N) is 2. The van der Waals surface area contributed by atoms with Crippen molar-refractivity contribution in [2.24, 2.45) is 0 Å². The first-order valence-electron chi connectivity index (χ1n) is 8.77. The minimum absolute atomic E-state index is 0.0350. The molecule has 0 aliphatic carbocycles. The first-order chi connectivity index (χ1) is 12.2. The summed E-state index contributed by atoms with van der Waals surface area (Å²) in [5.41, 5.74) is 1.28. The Morgan fingerprint density at radius 3 is 2.60 bits per heavy atom. The fraction of sp³-hybridized carbons (Fsp3) is 0.350. The zero-order valence-electron chi connectivity index (χ0n) is 14.2. The molecule has 1 atom stereocenters. The van der Waals surface area contributed by atoms with E-state index in [9.17, 15) is 4.79 Å². The molecule has 2 N–H and O–H groups in total. The van der Waals surface area contributed by atoms with Gasteiger partial charge in [-0.25, -0.2) is 0 Å². The topological polar surface area (TPSA) is 42.8 Å². The fourth-order valence-electron chi connectivity index (χ4n) is 3.33. The Morgan fingerprint density at radius 1 is 1.12 bits per heavy atom. The maximum atomic E-state index is 12.2. The summed E-state index contributed by atoms with van der Waals surface area (Å²) < 4.78 is 6.50. The minimum atomic E-state index is -0.0838. The van der Waals surface area contributed by atoms with Gasteiger partial charge < -0.3 is 15.0 Å². The molecule has 0 saturated carbocycles. The fourth-order valence-corrected chi connectivity index (χ4v) is 3.71. The molecule has 25 heavy (non-hydrogen) atoms. The van der Waals surface area contributed by atoms with Gasteiger partial charge in [-0.2, -0.15) is 0 Å². The van der Waals surface area contributed by atoms with Crippen molar-refractivity contribution in [3.63, 3.8) is 0 Å². The van der Waals surface area contributed by atoms with Gasteiger partial charge in [-0.3, -0.25) is 4.79 Å². The number of likely N-dealkylation sites (tertiary alicyclic amines) is 1. The number of benzene rings is 2. The highest BCUT2D eigenvalue weighted by Gasteiger charge is 2.27. The Hall–Kier alpha value is -1.85. The summed E-state index contributed by atoms with van der Waals surface area (Å²) in [7, 11) is 0. The van der Waals surface area contributed by atoms with Crippen molar-refractivity contribution in [3.8, 4) is 5.75 Å². The molecule has 0 radical (unpaired) electrons. The lowest BCUT2D eigenvalue weighted by Crippen LogP contribution is -3.11. The van der Waals surface area contributed by atoms with E-state index in [1.807, 2.05) is 30.3 Å². The maximum absolute atomic E-state index is 12.2. The zero-order chi connectivity index (χ0) is 17.5. The molecule has 1 aliphatic rings. The number of hydrogen-bond donors (Lipinski definition) is 2. The van der Waals surface area contributed by atoms with Gasteiger partial charge in [0.05, 0.1) is 19.6 Å². The van der Waals surface area contributed by atoms with Crippen molar-refractivity contribution in [2.75, 3.05) is 26.2 Å². The largest absolute Gasteiger partial charge is 0.484 e. The number of rotatable bonds is 7. The van der Waals surface area contributed by atoms with Crippen molar-refractivity contribution < 1.29 is 14.4 Å². The Kier molecular flexibility index (Phi) is 6.48. The van der Waals surface area contributed by atoms with Crippen LogP contribution in [0, 0.1) is 0 Å². The molecular weight excluding hydrogens is 380 g/mol. The van der Waals surface area contributed by atoms with Crippen LogP contribution in [0.15, 0.2) is 59.1 Å². The SMILES string of the molecule is O=C(COc1cccc(Br)c1)NC[C@H](c1ccccc1)[NH+]1CCCC1. The average Bonchev–Trinajstić information content (AvgIpc) is 3.15. The molecule has 1 aliphatic heterocycles. The van der Waals surface area contributed by atoms with E-state index in [0.717, 1.165) is 4.47 Å². The van der Waals surface area contributed by atoms with Crippen LogP contribution in [-0.4, -0.2) is 32.1 Å². The number of ether oxygens (including phenoxy) is 1. The van der Waals surface area contributed by atoms with E-state index < -0.39 is 0 Å². The molecule has 1 heterocycles. The van der Waals surface area contributed by atoms with E-state index in [1.54, 1.807) is 4.90 Å². The minimum Gasteiger partial charge on any atom is -0.484 e. The summed E-state index contributed by atoms with van der Waals surface area (Å²) in [4.78, 5) is 13.7. The van der Waals surface area contributed by atoms with Crippen LogP contribution in [-0.2, 0) is 4.79 Å². The quantitative estimate of drug-likeness (QED) is 0.744. The highest BCUT2D eigenvalue weighted by atomic mass is 79.9. The van der Waals surface area contributed by atoms with Crippen LogP contribution < -0.4 is 15.0 Å². The molecule has 0 spiro atoms. The van der Waals surface area contributed by atoms with Crippen LogP contribution in [0.1, 0.15) is 24.4 Å². The number of hydrogen-bond acceptors (Lipinski definition) is 2. The maximum Gasteiger partial charge on any atom is 0.258 e. The molecular formula is C20H24BrN2O2+.